The molecule has 0 radical (unpaired) electrons. The predicted molar refractivity (Wildman–Crippen MR) is 104 cm³/mol. The Hall–Kier alpha value is -2.51. The minimum atomic E-state index is -0.0506. The molecule has 0 spiro atoms. The number of imidazole rings is 2. The average Bonchev–Trinajstić information content (AvgIpc) is 3.31. The molecule has 0 saturated carbocycles. The van der Waals surface area contributed by atoms with Gasteiger partial charge in [0.05, 0.1) is 23.7 Å². The second kappa shape index (κ2) is 6.58. The molecule has 3 aromatic heterocycles. The van der Waals surface area contributed by atoms with Gasteiger partial charge in [-0.3, -0.25) is 4.57 Å². The lowest BCUT2D eigenvalue weighted by molar-refractivity contribution is -0.0298. The Bertz CT molecular complexity index is 1130. The van der Waals surface area contributed by atoms with E-state index in [1.165, 1.54) is 0 Å². The molecule has 4 heterocycles. The molecule has 1 aliphatic heterocycles. The van der Waals surface area contributed by atoms with Gasteiger partial charge in [0.15, 0.2) is 5.65 Å². The third kappa shape index (κ3) is 2.78. The number of rotatable bonds is 3. The van der Waals surface area contributed by atoms with E-state index in [4.69, 9.17) is 16.3 Å². The van der Waals surface area contributed by atoms with Crippen LogP contribution in [0.3, 0.4) is 0 Å². The summed E-state index contributed by atoms with van der Waals surface area (Å²) in [6.45, 7) is 3.74. The van der Waals surface area contributed by atoms with Gasteiger partial charge in [-0.2, -0.15) is 4.98 Å². The minimum Gasteiger partial charge on any atom is -0.358 e. The van der Waals surface area contributed by atoms with E-state index >= 15 is 0 Å². The molecular weight excluding hydrogens is 364 g/mol. The third-order valence-corrected chi connectivity index (χ3v) is 5.26. The molecule has 5 rings (SSSR count). The standard InChI is InChI=1S/C19H19ClN6O/c1-2-25-10-21-13-9-12(6-7-14(13)25)16-17-18(24-19(20)23-16)26(11-22-17)15-5-3-4-8-27-15/h6-7,9-11,15H,2-5,8H2,1H3. The van der Waals surface area contributed by atoms with Crippen LogP contribution in [-0.4, -0.2) is 35.7 Å². The summed E-state index contributed by atoms with van der Waals surface area (Å²) in [5.74, 6) is 0. The van der Waals surface area contributed by atoms with Crippen molar-refractivity contribution in [1.82, 2.24) is 29.1 Å². The first-order valence-electron chi connectivity index (χ1n) is 9.21. The van der Waals surface area contributed by atoms with E-state index in [0.717, 1.165) is 54.5 Å². The molecule has 8 heteroatoms. The lowest BCUT2D eigenvalue weighted by atomic mass is 10.1. The van der Waals surface area contributed by atoms with Gasteiger partial charge in [-0.1, -0.05) is 6.07 Å². The number of ether oxygens (including phenoxy) is 1. The Morgan fingerprint density at radius 2 is 2.11 bits per heavy atom. The number of halogens is 1. The monoisotopic (exact) mass is 382 g/mol. The molecule has 0 amide bonds. The minimum absolute atomic E-state index is 0.0506. The summed E-state index contributed by atoms with van der Waals surface area (Å²) in [4.78, 5) is 18.0. The van der Waals surface area contributed by atoms with Crippen LogP contribution in [0.2, 0.25) is 5.28 Å². The second-order valence-electron chi connectivity index (χ2n) is 6.72. The Morgan fingerprint density at radius 1 is 1.19 bits per heavy atom. The zero-order chi connectivity index (χ0) is 18.4. The molecule has 1 fully saturated rings. The summed E-state index contributed by atoms with van der Waals surface area (Å²) >= 11 is 6.26. The zero-order valence-corrected chi connectivity index (χ0v) is 15.7. The van der Waals surface area contributed by atoms with Gasteiger partial charge in [-0.15, -0.1) is 0 Å². The number of aromatic nitrogens is 6. The summed E-state index contributed by atoms with van der Waals surface area (Å²) < 4.78 is 9.97. The fourth-order valence-corrected chi connectivity index (χ4v) is 3.87. The lowest BCUT2D eigenvalue weighted by Gasteiger charge is -2.23. The molecular formula is C19H19ClN6O. The summed E-state index contributed by atoms with van der Waals surface area (Å²) in [6, 6.07) is 6.12. The van der Waals surface area contributed by atoms with Crippen LogP contribution in [0.1, 0.15) is 32.4 Å². The van der Waals surface area contributed by atoms with Crippen LogP contribution in [0.5, 0.6) is 0 Å². The van der Waals surface area contributed by atoms with Gasteiger partial charge in [0.2, 0.25) is 5.28 Å². The topological polar surface area (TPSA) is 70.7 Å². The van der Waals surface area contributed by atoms with Crippen LogP contribution in [-0.2, 0) is 11.3 Å². The van der Waals surface area contributed by atoms with Crippen molar-refractivity contribution >= 4 is 33.8 Å². The van der Waals surface area contributed by atoms with Crippen LogP contribution < -0.4 is 0 Å². The smallest absolute Gasteiger partial charge is 0.225 e. The maximum atomic E-state index is 6.26. The van der Waals surface area contributed by atoms with E-state index in [1.54, 1.807) is 6.33 Å². The highest BCUT2D eigenvalue weighted by atomic mass is 35.5. The molecule has 138 valence electrons. The van der Waals surface area contributed by atoms with E-state index in [9.17, 15) is 0 Å². The highest BCUT2D eigenvalue weighted by molar-refractivity contribution is 6.28. The molecule has 4 aromatic rings. The quantitative estimate of drug-likeness (QED) is 0.496. The maximum Gasteiger partial charge on any atom is 0.225 e. The number of fused-ring (bicyclic) bond motifs is 2. The molecule has 1 unspecified atom stereocenters. The van der Waals surface area contributed by atoms with Crippen molar-refractivity contribution in [2.75, 3.05) is 6.61 Å². The first-order chi connectivity index (χ1) is 13.2. The Morgan fingerprint density at radius 3 is 2.93 bits per heavy atom. The van der Waals surface area contributed by atoms with Crippen LogP contribution in [0, 0.1) is 0 Å². The van der Waals surface area contributed by atoms with Crippen LogP contribution in [0.25, 0.3) is 33.5 Å². The normalized spacial score (nSPS) is 17.8. The first kappa shape index (κ1) is 16.6. The molecule has 1 aromatic carbocycles. The van der Waals surface area contributed by atoms with Crippen molar-refractivity contribution in [3.63, 3.8) is 0 Å². The zero-order valence-electron chi connectivity index (χ0n) is 15.0. The van der Waals surface area contributed by atoms with Crippen molar-refractivity contribution in [3.8, 4) is 11.3 Å². The second-order valence-corrected chi connectivity index (χ2v) is 7.06. The molecule has 0 N–H and O–H groups in total. The van der Waals surface area contributed by atoms with Crippen molar-refractivity contribution in [2.24, 2.45) is 0 Å². The molecule has 0 bridgehead atoms. The molecule has 7 nitrogen and oxygen atoms in total. The number of nitrogens with zero attached hydrogens (tertiary/aromatic N) is 6. The molecule has 1 saturated heterocycles. The Kier molecular flexibility index (Phi) is 4.06. The van der Waals surface area contributed by atoms with Gasteiger partial charge >= 0.3 is 0 Å². The Balaban J connectivity index is 1.65. The molecule has 27 heavy (non-hydrogen) atoms. The van der Waals surface area contributed by atoms with Crippen molar-refractivity contribution < 1.29 is 4.74 Å². The number of hydrogen-bond donors (Lipinski definition) is 0. The van der Waals surface area contributed by atoms with E-state index in [1.807, 2.05) is 23.0 Å². The molecule has 1 atom stereocenters. The van der Waals surface area contributed by atoms with Crippen molar-refractivity contribution in [1.29, 1.82) is 0 Å². The largest absolute Gasteiger partial charge is 0.358 e. The van der Waals surface area contributed by atoms with Crippen molar-refractivity contribution in [2.45, 2.75) is 39.0 Å². The predicted octanol–water partition coefficient (Wildman–Crippen LogP) is 4.22. The maximum absolute atomic E-state index is 6.26. The van der Waals surface area contributed by atoms with Gasteiger partial charge < -0.3 is 9.30 Å². The fourth-order valence-electron chi connectivity index (χ4n) is 3.71. The summed E-state index contributed by atoms with van der Waals surface area (Å²) in [5, 5.41) is 0.203. The highest BCUT2D eigenvalue weighted by Gasteiger charge is 2.21. The summed E-state index contributed by atoms with van der Waals surface area (Å²) in [5.41, 5.74) is 5.09. The van der Waals surface area contributed by atoms with Gasteiger partial charge in [0.1, 0.15) is 17.4 Å². The highest BCUT2D eigenvalue weighted by Crippen LogP contribution is 2.31. The van der Waals surface area contributed by atoms with Crippen LogP contribution in [0.4, 0.5) is 0 Å². The first-order valence-corrected chi connectivity index (χ1v) is 9.59. The van der Waals surface area contributed by atoms with Crippen molar-refractivity contribution in [3.05, 3.63) is 36.1 Å². The fraction of sp³-hybridized carbons (Fsp3) is 0.368. The average molecular weight is 383 g/mol. The lowest BCUT2D eigenvalue weighted by Crippen LogP contribution is -2.17. The Labute approximate surface area is 161 Å². The van der Waals surface area contributed by atoms with E-state index in [0.29, 0.717) is 11.3 Å². The number of hydrogen-bond acceptors (Lipinski definition) is 5. The number of benzene rings is 1. The molecule has 1 aliphatic rings. The van der Waals surface area contributed by atoms with Gasteiger partial charge in [0, 0.05) is 18.7 Å². The van der Waals surface area contributed by atoms with Crippen LogP contribution in [0.15, 0.2) is 30.9 Å². The summed E-state index contributed by atoms with van der Waals surface area (Å²) in [6.07, 6.45) is 6.75. The van der Waals surface area contributed by atoms with Gasteiger partial charge in [-0.25, -0.2) is 15.0 Å². The van der Waals surface area contributed by atoms with E-state index in [-0.39, 0.29) is 11.5 Å². The summed E-state index contributed by atoms with van der Waals surface area (Å²) in [7, 11) is 0. The van der Waals surface area contributed by atoms with E-state index in [2.05, 4.69) is 37.5 Å². The van der Waals surface area contributed by atoms with E-state index < -0.39 is 0 Å². The SMILES string of the molecule is CCn1cnc2cc(-c3nc(Cl)nc4c3ncn4C3CCCCO3)ccc21. The van der Waals surface area contributed by atoms with Gasteiger partial charge in [-0.05, 0) is 49.9 Å². The number of aryl methyl sites for hydroxylation is 1. The van der Waals surface area contributed by atoms with Crippen LogP contribution >= 0.6 is 11.6 Å². The third-order valence-electron chi connectivity index (χ3n) is 5.10. The molecule has 0 aliphatic carbocycles. The van der Waals surface area contributed by atoms with Gasteiger partial charge in [0.25, 0.3) is 0 Å².